The normalized spacial score (nSPS) is 36.0. The summed E-state index contributed by atoms with van der Waals surface area (Å²) < 4.78 is 5.76. The number of piperidine rings is 1. The van der Waals surface area contributed by atoms with Crippen molar-refractivity contribution in [1.29, 1.82) is 0 Å². The van der Waals surface area contributed by atoms with E-state index in [-0.39, 0.29) is 5.54 Å². The molecular weight excluding hydrogens is 264 g/mol. The quantitative estimate of drug-likeness (QED) is 0.786. The van der Waals surface area contributed by atoms with Crippen LogP contribution >= 0.6 is 0 Å². The third-order valence-electron chi connectivity index (χ3n) is 5.60. The smallest absolute Gasteiger partial charge is 0.0613 e. The molecule has 0 radical (unpaired) electrons. The van der Waals surface area contributed by atoms with Gasteiger partial charge in [0.25, 0.3) is 0 Å². The topological polar surface area (TPSA) is 44.7 Å². The van der Waals surface area contributed by atoms with Crippen LogP contribution in [0.2, 0.25) is 0 Å². The molecule has 122 valence electrons. The minimum Gasteiger partial charge on any atom is -0.394 e. The average Bonchev–Trinajstić information content (AvgIpc) is 3.32. The first-order chi connectivity index (χ1) is 10.2. The molecule has 2 unspecified atom stereocenters. The fourth-order valence-corrected chi connectivity index (χ4v) is 4.27. The molecule has 3 rings (SSSR count). The molecule has 0 amide bonds. The van der Waals surface area contributed by atoms with E-state index in [0.29, 0.717) is 24.8 Å². The number of aliphatic hydroxyl groups excluding tert-OH is 1. The van der Waals surface area contributed by atoms with Gasteiger partial charge in [0.1, 0.15) is 0 Å². The summed E-state index contributed by atoms with van der Waals surface area (Å²) in [5.41, 5.74) is 0.000844. The summed E-state index contributed by atoms with van der Waals surface area (Å²) in [7, 11) is 0. The van der Waals surface area contributed by atoms with Gasteiger partial charge < -0.3 is 20.1 Å². The van der Waals surface area contributed by atoms with Crippen molar-refractivity contribution in [2.45, 2.75) is 82.0 Å². The summed E-state index contributed by atoms with van der Waals surface area (Å²) in [6, 6.07) is 1.33. The second-order valence-corrected chi connectivity index (χ2v) is 7.30. The highest BCUT2D eigenvalue weighted by Gasteiger charge is 2.41. The Kier molecular flexibility index (Phi) is 5.20. The first-order valence-corrected chi connectivity index (χ1v) is 8.99. The van der Waals surface area contributed by atoms with Crippen molar-refractivity contribution in [3.8, 4) is 0 Å². The summed E-state index contributed by atoms with van der Waals surface area (Å²) in [4.78, 5) is 2.66. The van der Waals surface area contributed by atoms with Crippen LogP contribution in [0.4, 0.5) is 0 Å². The van der Waals surface area contributed by atoms with Crippen LogP contribution in [-0.2, 0) is 4.74 Å². The first-order valence-electron chi connectivity index (χ1n) is 8.99. The van der Waals surface area contributed by atoms with Crippen molar-refractivity contribution in [3.63, 3.8) is 0 Å². The Labute approximate surface area is 129 Å². The Morgan fingerprint density at radius 3 is 2.57 bits per heavy atom. The van der Waals surface area contributed by atoms with Crippen LogP contribution in [0.5, 0.6) is 0 Å². The number of rotatable bonds is 6. The highest BCUT2D eigenvalue weighted by Crippen LogP contribution is 2.35. The van der Waals surface area contributed by atoms with Gasteiger partial charge in [-0.3, -0.25) is 0 Å². The van der Waals surface area contributed by atoms with Crippen LogP contribution in [0, 0.1) is 0 Å². The fourth-order valence-electron chi connectivity index (χ4n) is 4.27. The molecule has 3 fully saturated rings. The summed E-state index contributed by atoms with van der Waals surface area (Å²) in [6.07, 6.45) is 10.2. The zero-order chi connectivity index (χ0) is 14.7. The van der Waals surface area contributed by atoms with Crippen molar-refractivity contribution in [3.05, 3.63) is 0 Å². The highest BCUT2D eigenvalue weighted by molar-refractivity contribution is 5.01. The molecule has 0 aromatic carbocycles. The van der Waals surface area contributed by atoms with E-state index in [1.54, 1.807) is 0 Å². The second-order valence-electron chi connectivity index (χ2n) is 7.30. The van der Waals surface area contributed by atoms with Gasteiger partial charge >= 0.3 is 0 Å². The lowest BCUT2D eigenvalue weighted by atomic mass is 9.78. The maximum Gasteiger partial charge on any atom is 0.0613 e. The maximum atomic E-state index is 9.95. The van der Waals surface area contributed by atoms with Gasteiger partial charge in [-0.25, -0.2) is 0 Å². The van der Waals surface area contributed by atoms with Gasteiger partial charge in [-0.2, -0.15) is 0 Å². The van der Waals surface area contributed by atoms with Gasteiger partial charge in [-0.1, -0.05) is 0 Å². The van der Waals surface area contributed by atoms with E-state index in [0.717, 1.165) is 19.4 Å². The number of likely N-dealkylation sites (tertiary alicyclic amines) is 1. The van der Waals surface area contributed by atoms with Crippen LogP contribution in [0.15, 0.2) is 0 Å². The summed E-state index contributed by atoms with van der Waals surface area (Å²) in [5, 5.41) is 13.7. The molecule has 0 aromatic rings. The van der Waals surface area contributed by atoms with Gasteiger partial charge in [-0.15, -0.1) is 0 Å². The summed E-state index contributed by atoms with van der Waals surface area (Å²) >= 11 is 0. The van der Waals surface area contributed by atoms with Crippen molar-refractivity contribution in [2.75, 3.05) is 26.3 Å². The number of aliphatic hydroxyl groups is 1. The Hall–Kier alpha value is -0.160. The lowest BCUT2D eigenvalue weighted by Crippen LogP contribution is -2.57. The van der Waals surface area contributed by atoms with Gasteiger partial charge in [0.15, 0.2) is 0 Å². The van der Waals surface area contributed by atoms with E-state index in [4.69, 9.17) is 4.74 Å². The predicted octanol–water partition coefficient (Wildman–Crippen LogP) is 1.91. The van der Waals surface area contributed by atoms with Crippen molar-refractivity contribution in [2.24, 2.45) is 0 Å². The Bertz CT molecular complexity index is 327. The van der Waals surface area contributed by atoms with Crippen LogP contribution in [0.1, 0.15) is 58.3 Å². The number of nitrogens with zero attached hydrogens (tertiary/aromatic N) is 1. The average molecular weight is 296 g/mol. The van der Waals surface area contributed by atoms with Crippen LogP contribution in [0.25, 0.3) is 0 Å². The molecule has 21 heavy (non-hydrogen) atoms. The Balaban J connectivity index is 1.53. The number of hydrogen-bond acceptors (Lipinski definition) is 4. The van der Waals surface area contributed by atoms with Gasteiger partial charge in [0.05, 0.1) is 12.7 Å². The molecule has 4 nitrogen and oxygen atoms in total. The third kappa shape index (κ3) is 3.98. The molecular formula is C17H32N2O2. The van der Waals surface area contributed by atoms with E-state index in [1.807, 2.05) is 0 Å². The van der Waals surface area contributed by atoms with Crippen LogP contribution in [0.3, 0.4) is 0 Å². The van der Waals surface area contributed by atoms with E-state index < -0.39 is 0 Å². The zero-order valence-electron chi connectivity index (χ0n) is 13.5. The van der Waals surface area contributed by atoms with Gasteiger partial charge in [0.2, 0.25) is 0 Å². The van der Waals surface area contributed by atoms with Gasteiger partial charge in [0, 0.05) is 37.3 Å². The Morgan fingerprint density at radius 2 is 1.95 bits per heavy atom. The van der Waals surface area contributed by atoms with Crippen molar-refractivity contribution < 1.29 is 9.84 Å². The third-order valence-corrected chi connectivity index (χ3v) is 5.60. The number of nitrogens with one attached hydrogen (secondary N) is 1. The monoisotopic (exact) mass is 296 g/mol. The maximum absolute atomic E-state index is 9.95. The largest absolute Gasteiger partial charge is 0.394 e. The molecule has 2 atom stereocenters. The number of hydrogen-bond donors (Lipinski definition) is 2. The fraction of sp³-hybridized carbons (Fsp3) is 1.00. The SMILES string of the molecule is CCOC1CCN(C2CCCC(CO)(NC3CC3)C2)CC1. The first kappa shape index (κ1) is 15.7. The molecule has 2 N–H and O–H groups in total. The molecule has 4 heteroatoms. The molecule has 0 spiro atoms. The highest BCUT2D eigenvalue weighted by atomic mass is 16.5. The second kappa shape index (κ2) is 6.95. The summed E-state index contributed by atoms with van der Waals surface area (Å²) in [6.45, 7) is 5.57. The van der Waals surface area contributed by atoms with E-state index >= 15 is 0 Å². The van der Waals surface area contributed by atoms with E-state index in [9.17, 15) is 5.11 Å². The molecule has 1 aliphatic heterocycles. The molecule has 2 saturated carbocycles. The minimum atomic E-state index is 0.000844. The minimum absolute atomic E-state index is 0.000844. The molecule has 0 aromatic heterocycles. The molecule has 1 heterocycles. The molecule has 2 aliphatic carbocycles. The van der Waals surface area contributed by atoms with Crippen molar-refractivity contribution in [1.82, 2.24) is 10.2 Å². The van der Waals surface area contributed by atoms with Crippen LogP contribution in [-0.4, -0.2) is 60.0 Å². The summed E-state index contributed by atoms with van der Waals surface area (Å²) in [5.74, 6) is 0. The van der Waals surface area contributed by atoms with E-state index in [1.165, 1.54) is 51.6 Å². The zero-order valence-corrected chi connectivity index (χ0v) is 13.5. The Morgan fingerprint density at radius 1 is 1.19 bits per heavy atom. The van der Waals surface area contributed by atoms with Gasteiger partial charge in [-0.05, 0) is 58.3 Å². The number of ether oxygens (including phenoxy) is 1. The van der Waals surface area contributed by atoms with E-state index in [2.05, 4.69) is 17.1 Å². The molecule has 1 saturated heterocycles. The molecule has 3 aliphatic rings. The lowest BCUT2D eigenvalue weighted by molar-refractivity contribution is -0.0120. The van der Waals surface area contributed by atoms with Crippen molar-refractivity contribution >= 4 is 0 Å². The van der Waals surface area contributed by atoms with Crippen LogP contribution < -0.4 is 5.32 Å². The molecule has 0 bridgehead atoms. The lowest BCUT2D eigenvalue weighted by Gasteiger charge is -2.46. The predicted molar refractivity (Wildman–Crippen MR) is 84.5 cm³/mol. The standard InChI is InChI=1S/C17H32N2O2/c1-2-21-16-7-10-19(11-8-16)15-4-3-9-17(12-15,13-20)18-14-5-6-14/h14-16,18,20H,2-13H2,1H3.